The van der Waals surface area contributed by atoms with Gasteiger partial charge in [0.15, 0.2) is 11.8 Å². The Balaban J connectivity index is 1.39. The van der Waals surface area contributed by atoms with Crippen molar-refractivity contribution in [1.29, 1.82) is 0 Å². The van der Waals surface area contributed by atoms with Crippen molar-refractivity contribution >= 4 is 5.96 Å². The van der Waals surface area contributed by atoms with E-state index in [0.717, 1.165) is 32.0 Å². The molecule has 0 radical (unpaired) electrons. The van der Waals surface area contributed by atoms with Crippen molar-refractivity contribution in [2.24, 2.45) is 4.99 Å². The topological polar surface area (TPSA) is 91.5 Å². The number of hydrogen-bond acceptors (Lipinski definition) is 6. The second-order valence-electron chi connectivity index (χ2n) is 7.28. The summed E-state index contributed by atoms with van der Waals surface area (Å²) in [5.41, 5.74) is 0.693. The van der Waals surface area contributed by atoms with Crippen molar-refractivity contribution in [3.05, 3.63) is 30.2 Å². The predicted octanol–water partition coefficient (Wildman–Crippen LogP) is 2.50. The molecule has 3 rings (SSSR count). The highest BCUT2D eigenvalue weighted by atomic mass is 16.5. The van der Waals surface area contributed by atoms with Crippen LogP contribution in [0.4, 0.5) is 0 Å². The molecule has 8 heteroatoms. The highest BCUT2D eigenvalue weighted by molar-refractivity contribution is 5.79. The molecule has 0 aliphatic carbocycles. The van der Waals surface area contributed by atoms with Crippen LogP contribution in [0.25, 0.3) is 11.6 Å². The van der Waals surface area contributed by atoms with Gasteiger partial charge in [0.25, 0.3) is 5.89 Å². The van der Waals surface area contributed by atoms with E-state index in [2.05, 4.69) is 37.6 Å². The van der Waals surface area contributed by atoms with Gasteiger partial charge in [-0.15, -0.1) is 0 Å². The van der Waals surface area contributed by atoms with Crippen molar-refractivity contribution in [1.82, 2.24) is 30.7 Å². The van der Waals surface area contributed by atoms with Crippen LogP contribution in [-0.2, 0) is 6.42 Å². The first kappa shape index (κ1) is 21.2. The summed E-state index contributed by atoms with van der Waals surface area (Å²) < 4.78 is 5.30. The quantitative estimate of drug-likeness (QED) is 0.380. The molecule has 8 nitrogen and oxygen atoms in total. The zero-order valence-electron chi connectivity index (χ0n) is 17.4. The fraction of sp³-hybridized carbons (Fsp3) is 0.619. The maximum absolute atomic E-state index is 5.30. The van der Waals surface area contributed by atoms with Crippen LogP contribution in [0.5, 0.6) is 0 Å². The van der Waals surface area contributed by atoms with E-state index >= 15 is 0 Å². The lowest BCUT2D eigenvalue weighted by molar-refractivity contribution is 0.283. The second kappa shape index (κ2) is 12.2. The standard InChI is InChI=1S/C21H33N7O/c1-2-22-21(24-13-9-17-28-15-7-3-4-8-16-28)25-14-11-19-26-20(29-27-19)18-10-5-6-12-23-18/h5-6,10,12H,2-4,7-9,11,13-17H2,1H3,(H2,22,24,25). The lowest BCUT2D eigenvalue weighted by Gasteiger charge is -2.19. The summed E-state index contributed by atoms with van der Waals surface area (Å²) >= 11 is 0. The van der Waals surface area contributed by atoms with Crippen LogP contribution in [0.1, 0.15) is 44.9 Å². The Morgan fingerprint density at radius 2 is 2.03 bits per heavy atom. The van der Waals surface area contributed by atoms with Gasteiger partial charge < -0.3 is 20.1 Å². The summed E-state index contributed by atoms with van der Waals surface area (Å²) in [6.07, 6.45) is 8.91. The van der Waals surface area contributed by atoms with Gasteiger partial charge in [-0.25, -0.2) is 0 Å². The van der Waals surface area contributed by atoms with Crippen molar-refractivity contribution in [3.8, 4) is 11.6 Å². The molecule has 2 aromatic rings. The number of rotatable bonds is 9. The fourth-order valence-electron chi connectivity index (χ4n) is 3.43. The zero-order chi connectivity index (χ0) is 20.2. The second-order valence-corrected chi connectivity index (χ2v) is 7.28. The molecule has 0 aromatic carbocycles. The SMILES string of the molecule is CCNC(=NCCCN1CCCCCC1)NCCc1noc(-c2ccccn2)n1. The molecule has 1 saturated heterocycles. The Morgan fingerprint density at radius 1 is 1.17 bits per heavy atom. The van der Waals surface area contributed by atoms with E-state index in [1.54, 1.807) is 6.20 Å². The van der Waals surface area contributed by atoms with Crippen LogP contribution < -0.4 is 10.6 Å². The summed E-state index contributed by atoms with van der Waals surface area (Å²) in [5, 5.41) is 10.7. The fourth-order valence-corrected chi connectivity index (χ4v) is 3.43. The molecule has 0 bridgehead atoms. The molecule has 1 aliphatic heterocycles. The molecule has 0 spiro atoms. The number of likely N-dealkylation sites (tertiary alicyclic amines) is 1. The normalized spacial score (nSPS) is 15.8. The molecular weight excluding hydrogens is 366 g/mol. The van der Waals surface area contributed by atoms with E-state index in [0.29, 0.717) is 30.4 Å². The Morgan fingerprint density at radius 3 is 2.79 bits per heavy atom. The maximum atomic E-state index is 5.30. The van der Waals surface area contributed by atoms with Crippen molar-refractivity contribution < 1.29 is 4.52 Å². The minimum absolute atomic E-state index is 0.453. The predicted molar refractivity (Wildman–Crippen MR) is 115 cm³/mol. The number of nitrogens with one attached hydrogen (secondary N) is 2. The smallest absolute Gasteiger partial charge is 0.276 e. The van der Waals surface area contributed by atoms with E-state index in [1.165, 1.54) is 38.8 Å². The Kier molecular flexibility index (Phi) is 8.90. The van der Waals surface area contributed by atoms with Crippen molar-refractivity contribution in [3.63, 3.8) is 0 Å². The third-order valence-electron chi connectivity index (χ3n) is 4.94. The maximum Gasteiger partial charge on any atom is 0.276 e. The van der Waals surface area contributed by atoms with Crippen LogP contribution in [0, 0.1) is 0 Å². The summed E-state index contributed by atoms with van der Waals surface area (Å²) in [5.74, 6) is 1.96. The first-order chi connectivity index (χ1) is 14.3. The minimum Gasteiger partial charge on any atom is -0.357 e. The van der Waals surface area contributed by atoms with Crippen LogP contribution in [0.2, 0.25) is 0 Å². The molecule has 0 amide bonds. The Hall–Kier alpha value is -2.48. The summed E-state index contributed by atoms with van der Waals surface area (Å²) in [6, 6.07) is 5.62. The van der Waals surface area contributed by atoms with Gasteiger partial charge in [0.2, 0.25) is 0 Å². The zero-order valence-corrected chi connectivity index (χ0v) is 17.4. The van der Waals surface area contributed by atoms with E-state index in [-0.39, 0.29) is 0 Å². The van der Waals surface area contributed by atoms with Gasteiger partial charge in [-0.2, -0.15) is 4.98 Å². The van der Waals surface area contributed by atoms with Gasteiger partial charge in [0.05, 0.1) is 0 Å². The lowest BCUT2D eigenvalue weighted by Crippen LogP contribution is -2.38. The van der Waals surface area contributed by atoms with Crippen molar-refractivity contribution in [2.45, 2.75) is 45.4 Å². The van der Waals surface area contributed by atoms with Gasteiger partial charge in [-0.1, -0.05) is 24.1 Å². The number of hydrogen-bond donors (Lipinski definition) is 2. The van der Waals surface area contributed by atoms with Crippen LogP contribution in [-0.4, -0.2) is 65.3 Å². The van der Waals surface area contributed by atoms with Gasteiger partial charge in [-0.3, -0.25) is 9.98 Å². The van der Waals surface area contributed by atoms with E-state index in [1.807, 2.05) is 18.2 Å². The Labute approximate surface area is 173 Å². The highest BCUT2D eigenvalue weighted by Crippen LogP contribution is 2.13. The molecule has 0 unspecified atom stereocenters. The summed E-state index contributed by atoms with van der Waals surface area (Å²) in [6.45, 7) is 8.07. The third-order valence-corrected chi connectivity index (χ3v) is 4.94. The molecule has 29 heavy (non-hydrogen) atoms. The number of nitrogens with zero attached hydrogens (tertiary/aromatic N) is 5. The molecular formula is C21H33N7O. The minimum atomic E-state index is 0.453. The number of aliphatic imine (C=N–C) groups is 1. The van der Waals surface area contributed by atoms with Gasteiger partial charge in [0.1, 0.15) is 5.69 Å². The number of pyridine rings is 1. The average molecular weight is 400 g/mol. The Bertz CT molecular complexity index is 724. The van der Waals surface area contributed by atoms with Gasteiger partial charge in [0, 0.05) is 32.3 Å². The molecule has 2 N–H and O–H groups in total. The molecule has 0 saturated carbocycles. The van der Waals surface area contributed by atoms with Crippen LogP contribution in [0.15, 0.2) is 33.9 Å². The molecule has 158 valence electrons. The first-order valence-corrected chi connectivity index (χ1v) is 10.8. The molecule has 0 atom stereocenters. The summed E-state index contributed by atoms with van der Waals surface area (Å²) in [7, 11) is 0. The third kappa shape index (κ3) is 7.45. The number of guanidine groups is 1. The molecule has 1 fully saturated rings. The molecule has 2 aromatic heterocycles. The highest BCUT2D eigenvalue weighted by Gasteiger charge is 2.10. The average Bonchev–Trinajstić information content (AvgIpc) is 3.07. The van der Waals surface area contributed by atoms with Crippen molar-refractivity contribution in [2.75, 3.05) is 39.3 Å². The van der Waals surface area contributed by atoms with E-state index in [4.69, 9.17) is 9.52 Å². The number of aromatic nitrogens is 3. The lowest BCUT2D eigenvalue weighted by atomic mass is 10.2. The molecule has 1 aliphatic rings. The first-order valence-electron chi connectivity index (χ1n) is 10.8. The summed E-state index contributed by atoms with van der Waals surface area (Å²) in [4.78, 5) is 15.9. The largest absolute Gasteiger partial charge is 0.357 e. The van der Waals surface area contributed by atoms with E-state index in [9.17, 15) is 0 Å². The van der Waals surface area contributed by atoms with Gasteiger partial charge >= 0.3 is 0 Å². The van der Waals surface area contributed by atoms with Crippen LogP contribution >= 0.6 is 0 Å². The molecule has 3 heterocycles. The monoisotopic (exact) mass is 399 g/mol. The van der Waals surface area contributed by atoms with E-state index < -0.39 is 0 Å². The van der Waals surface area contributed by atoms with Crippen LogP contribution in [0.3, 0.4) is 0 Å². The van der Waals surface area contributed by atoms with Gasteiger partial charge in [-0.05, 0) is 58.0 Å².